The molecule has 7 heteroatoms. The van der Waals surface area contributed by atoms with Gasteiger partial charge < -0.3 is 5.11 Å². The Balaban J connectivity index is 2.31. The fourth-order valence-electron chi connectivity index (χ4n) is 1.93. The molecule has 0 unspecified atom stereocenters. The molecular weight excluding hydrogens is 264 g/mol. The molecule has 0 saturated heterocycles. The zero-order valence-corrected chi connectivity index (χ0v) is 10.3. The number of aliphatic hydroxyl groups is 1. The Morgan fingerprint density at radius 3 is 2.44 bits per heavy atom. The second-order valence-electron chi connectivity index (χ2n) is 4.47. The van der Waals surface area contributed by atoms with E-state index in [-0.39, 0.29) is 6.61 Å². The van der Waals surface area contributed by atoms with E-state index in [1.807, 2.05) is 0 Å². The van der Waals surface area contributed by atoms with Crippen molar-refractivity contribution in [3.05, 3.63) is 29.8 Å². The van der Waals surface area contributed by atoms with Gasteiger partial charge >= 0.3 is 0 Å². The molecule has 4 nitrogen and oxygen atoms in total. The molecule has 1 aromatic rings. The largest absolute Gasteiger partial charge is 0.394 e. The highest BCUT2D eigenvalue weighted by Crippen LogP contribution is 2.33. The summed E-state index contributed by atoms with van der Waals surface area (Å²) in [4.78, 5) is -0.608. The monoisotopic (exact) mass is 277 g/mol. The molecule has 0 radical (unpaired) electrons. The average molecular weight is 277 g/mol. The van der Waals surface area contributed by atoms with Crippen molar-refractivity contribution in [2.45, 2.75) is 29.7 Å². The number of hydrogen-bond acceptors (Lipinski definition) is 3. The van der Waals surface area contributed by atoms with Gasteiger partial charge in [0.15, 0.2) is 0 Å². The van der Waals surface area contributed by atoms with Crippen LogP contribution in [0.25, 0.3) is 0 Å². The Hall–Kier alpha value is -1.05. The van der Waals surface area contributed by atoms with Gasteiger partial charge in [-0.3, -0.25) is 0 Å². The number of benzene rings is 1. The predicted octanol–water partition coefficient (Wildman–Crippen LogP) is 1.16. The van der Waals surface area contributed by atoms with Crippen molar-refractivity contribution in [3.63, 3.8) is 0 Å². The topological polar surface area (TPSA) is 66.4 Å². The van der Waals surface area contributed by atoms with Crippen LogP contribution < -0.4 is 4.72 Å². The van der Waals surface area contributed by atoms with Crippen molar-refractivity contribution in [1.82, 2.24) is 4.72 Å². The number of sulfonamides is 1. The van der Waals surface area contributed by atoms with E-state index in [1.54, 1.807) is 0 Å². The van der Waals surface area contributed by atoms with Crippen LogP contribution >= 0.6 is 0 Å². The minimum atomic E-state index is -4.09. The van der Waals surface area contributed by atoms with E-state index in [1.165, 1.54) is 0 Å². The molecule has 2 rings (SSSR count). The number of aliphatic hydroxyl groups excluding tert-OH is 1. The highest BCUT2D eigenvalue weighted by Gasteiger charge is 2.40. The quantitative estimate of drug-likeness (QED) is 0.868. The zero-order valence-electron chi connectivity index (χ0n) is 9.49. The van der Waals surface area contributed by atoms with Crippen LogP contribution in [0.5, 0.6) is 0 Å². The summed E-state index contributed by atoms with van der Waals surface area (Å²) in [6.45, 7) is -0.338. The highest BCUT2D eigenvalue weighted by atomic mass is 32.2. The lowest BCUT2D eigenvalue weighted by molar-refractivity contribution is 0.110. The van der Waals surface area contributed by atoms with Crippen LogP contribution in [-0.2, 0) is 10.0 Å². The van der Waals surface area contributed by atoms with E-state index in [9.17, 15) is 22.3 Å². The summed E-state index contributed by atoms with van der Waals surface area (Å²) in [5.74, 6) is -1.98. The van der Waals surface area contributed by atoms with Gasteiger partial charge in [0.05, 0.1) is 12.1 Å². The highest BCUT2D eigenvalue weighted by molar-refractivity contribution is 7.89. The van der Waals surface area contributed by atoms with E-state index in [0.29, 0.717) is 18.9 Å². The Bertz CT molecular complexity index is 550. The van der Waals surface area contributed by atoms with Gasteiger partial charge in [0, 0.05) is 6.07 Å². The van der Waals surface area contributed by atoms with Gasteiger partial charge in [-0.2, -0.15) is 0 Å². The van der Waals surface area contributed by atoms with Crippen LogP contribution in [-0.4, -0.2) is 25.7 Å². The molecule has 1 aliphatic rings. The standard InChI is InChI=1S/C11H13F2NO3S/c12-8-2-3-10(9(13)6-8)18(16,17)14-11(7-15)4-1-5-11/h2-3,6,14-15H,1,4-5,7H2. The minimum absolute atomic E-state index is 0.338. The molecule has 1 aliphatic carbocycles. The number of hydrogen-bond donors (Lipinski definition) is 2. The third-order valence-corrected chi connectivity index (χ3v) is 4.76. The van der Waals surface area contributed by atoms with E-state index < -0.39 is 32.1 Å². The first-order valence-electron chi connectivity index (χ1n) is 5.48. The summed E-state index contributed by atoms with van der Waals surface area (Å²) in [6.07, 6.45) is 1.81. The molecule has 1 fully saturated rings. The molecule has 0 atom stereocenters. The SMILES string of the molecule is O=S(=O)(NC1(CO)CCC1)c1ccc(F)cc1F. The fourth-order valence-corrected chi connectivity index (χ4v) is 3.44. The van der Waals surface area contributed by atoms with Crippen molar-refractivity contribution < 1.29 is 22.3 Å². The summed E-state index contributed by atoms with van der Waals surface area (Å²) < 4.78 is 52.3. The van der Waals surface area contributed by atoms with Crippen LogP contribution in [0.3, 0.4) is 0 Å². The van der Waals surface area contributed by atoms with Crippen molar-refractivity contribution >= 4 is 10.0 Å². The average Bonchev–Trinajstić information content (AvgIpc) is 2.23. The molecule has 100 valence electrons. The molecule has 0 aliphatic heterocycles. The van der Waals surface area contributed by atoms with Gasteiger partial charge in [0.25, 0.3) is 0 Å². The van der Waals surface area contributed by atoms with Crippen LogP contribution in [0.2, 0.25) is 0 Å². The molecule has 1 aromatic carbocycles. The van der Waals surface area contributed by atoms with Gasteiger partial charge in [0.1, 0.15) is 16.5 Å². The number of rotatable bonds is 4. The third kappa shape index (κ3) is 2.38. The van der Waals surface area contributed by atoms with Gasteiger partial charge in [-0.15, -0.1) is 0 Å². The molecule has 2 N–H and O–H groups in total. The Labute approximate surface area is 104 Å². The third-order valence-electron chi connectivity index (χ3n) is 3.15. The van der Waals surface area contributed by atoms with E-state index >= 15 is 0 Å². The number of halogens is 2. The van der Waals surface area contributed by atoms with E-state index in [4.69, 9.17) is 0 Å². The normalized spacial score (nSPS) is 18.4. The van der Waals surface area contributed by atoms with Crippen LogP contribution in [0.4, 0.5) is 8.78 Å². The summed E-state index contributed by atoms with van der Waals surface area (Å²) in [6, 6.07) is 2.27. The molecular formula is C11H13F2NO3S. The summed E-state index contributed by atoms with van der Waals surface area (Å²) >= 11 is 0. The summed E-state index contributed by atoms with van der Waals surface area (Å²) in [5.41, 5.74) is -0.903. The van der Waals surface area contributed by atoms with Gasteiger partial charge in [0.2, 0.25) is 10.0 Å². The minimum Gasteiger partial charge on any atom is -0.394 e. The Morgan fingerprint density at radius 2 is 2.00 bits per heavy atom. The van der Waals surface area contributed by atoms with Crippen LogP contribution in [0.1, 0.15) is 19.3 Å². The smallest absolute Gasteiger partial charge is 0.244 e. The molecule has 0 bridgehead atoms. The van der Waals surface area contributed by atoms with E-state index in [0.717, 1.165) is 18.6 Å². The molecule has 0 heterocycles. The van der Waals surface area contributed by atoms with Crippen LogP contribution in [0, 0.1) is 11.6 Å². The second-order valence-corrected chi connectivity index (χ2v) is 6.12. The summed E-state index contributed by atoms with van der Waals surface area (Å²) in [7, 11) is -4.09. The predicted molar refractivity (Wildman–Crippen MR) is 60.3 cm³/mol. The van der Waals surface area contributed by atoms with Crippen molar-refractivity contribution in [3.8, 4) is 0 Å². The Kier molecular flexibility index (Phi) is 3.39. The maximum Gasteiger partial charge on any atom is 0.244 e. The van der Waals surface area contributed by atoms with E-state index in [2.05, 4.69) is 4.72 Å². The lowest BCUT2D eigenvalue weighted by Crippen LogP contribution is -2.56. The molecule has 0 amide bonds. The maximum atomic E-state index is 13.4. The zero-order chi connectivity index (χ0) is 13.4. The van der Waals surface area contributed by atoms with Crippen molar-refractivity contribution in [2.75, 3.05) is 6.61 Å². The Morgan fingerprint density at radius 1 is 1.33 bits per heavy atom. The first-order valence-corrected chi connectivity index (χ1v) is 6.97. The molecule has 18 heavy (non-hydrogen) atoms. The lowest BCUT2D eigenvalue weighted by Gasteiger charge is -2.40. The molecule has 0 aromatic heterocycles. The van der Waals surface area contributed by atoms with Crippen molar-refractivity contribution in [2.24, 2.45) is 0 Å². The molecule has 0 spiro atoms. The summed E-state index contributed by atoms with van der Waals surface area (Å²) in [5, 5.41) is 9.18. The second kappa shape index (κ2) is 4.56. The number of nitrogens with one attached hydrogen (secondary N) is 1. The maximum absolute atomic E-state index is 13.4. The van der Waals surface area contributed by atoms with Gasteiger partial charge in [-0.25, -0.2) is 21.9 Å². The van der Waals surface area contributed by atoms with Gasteiger partial charge in [-0.05, 0) is 31.4 Å². The molecule has 1 saturated carbocycles. The first-order chi connectivity index (χ1) is 8.38. The lowest BCUT2D eigenvalue weighted by atomic mass is 9.78. The van der Waals surface area contributed by atoms with Crippen LogP contribution in [0.15, 0.2) is 23.1 Å². The van der Waals surface area contributed by atoms with Crippen molar-refractivity contribution in [1.29, 1.82) is 0 Å². The fraction of sp³-hybridized carbons (Fsp3) is 0.455. The first kappa shape index (κ1) is 13.4. The van der Waals surface area contributed by atoms with Gasteiger partial charge in [-0.1, -0.05) is 0 Å².